The minimum atomic E-state index is 0.566. The smallest absolute Gasteiger partial charge is 0.247 e. The Labute approximate surface area is 162 Å². The van der Waals surface area contributed by atoms with Crippen LogP contribution in [0.2, 0.25) is 0 Å². The van der Waals surface area contributed by atoms with Crippen molar-refractivity contribution >= 4 is 17.7 Å². The van der Waals surface area contributed by atoms with Gasteiger partial charge >= 0.3 is 0 Å². The Morgan fingerprint density at radius 1 is 1.11 bits per heavy atom. The minimum absolute atomic E-state index is 0.566. The molecule has 2 heterocycles. The van der Waals surface area contributed by atoms with Gasteiger partial charge in [-0.15, -0.1) is 10.2 Å². The molecular weight excluding hydrogens is 360 g/mol. The summed E-state index contributed by atoms with van der Waals surface area (Å²) in [6.45, 7) is 0.777. The van der Waals surface area contributed by atoms with E-state index in [0.717, 1.165) is 36.1 Å². The summed E-state index contributed by atoms with van der Waals surface area (Å²) in [5, 5.41) is 25.2. The lowest BCUT2D eigenvalue weighted by molar-refractivity contribution is 0.461. The Balaban J connectivity index is 1.36. The predicted octanol–water partition coefficient (Wildman–Crippen LogP) is 3.14. The maximum atomic E-state index is 4.45. The van der Waals surface area contributed by atoms with Crippen molar-refractivity contribution < 1.29 is 0 Å². The molecule has 8 nitrogen and oxygen atoms in total. The van der Waals surface area contributed by atoms with E-state index in [-0.39, 0.29) is 0 Å². The highest BCUT2D eigenvalue weighted by molar-refractivity contribution is 7.98. The molecule has 0 atom stereocenters. The van der Waals surface area contributed by atoms with Gasteiger partial charge in [-0.2, -0.15) is 4.68 Å². The van der Waals surface area contributed by atoms with E-state index in [9.17, 15) is 0 Å². The third-order valence-electron chi connectivity index (χ3n) is 4.94. The number of hydrogen-bond donors (Lipinski definition) is 1. The Hall–Kier alpha value is -2.42. The van der Waals surface area contributed by atoms with Gasteiger partial charge in [-0.25, -0.2) is 0 Å². The number of benzene rings is 1. The number of nitrogens with one attached hydrogen (secondary N) is 1. The van der Waals surface area contributed by atoms with Crippen molar-refractivity contribution in [2.24, 2.45) is 0 Å². The standard InChI is InChI=1S/C18H24N8S/c1-27-18-22-20-16(25(18)14-8-5-6-9-14)12-7-13-19-17-21-23-24-26(17)15-10-3-2-4-11-15/h2-4,10-11,14H,5-9,12-13H2,1H3,(H,19,21,24). The van der Waals surface area contributed by atoms with Crippen molar-refractivity contribution in [1.82, 2.24) is 35.0 Å². The maximum absolute atomic E-state index is 4.45. The van der Waals surface area contributed by atoms with Crippen LogP contribution >= 0.6 is 11.8 Å². The van der Waals surface area contributed by atoms with Gasteiger partial charge in [-0.3, -0.25) is 0 Å². The lowest BCUT2D eigenvalue weighted by Crippen LogP contribution is -2.13. The molecule has 1 saturated carbocycles. The molecule has 0 aliphatic heterocycles. The zero-order chi connectivity index (χ0) is 18.5. The Morgan fingerprint density at radius 2 is 1.93 bits per heavy atom. The van der Waals surface area contributed by atoms with E-state index < -0.39 is 0 Å². The predicted molar refractivity (Wildman–Crippen MR) is 105 cm³/mol. The summed E-state index contributed by atoms with van der Waals surface area (Å²) >= 11 is 1.68. The quantitative estimate of drug-likeness (QED) is 0.471. The van der Waals surface area contributed by atoms with Crippen LogP contribution < -0.4 is 5.32 Å². The molecule has 1 aromatic carbocycles. The number of hydrogen-bond acceptors (Lipinski definition) is 7. The molecule has 0 saturated heterocycles. The first kappa shape index (κ1) is 18.0. The molecule has 0 bridgehead atoms. The summed E-state index contributed by atoms with van der Waals surface area (Å²) in [6, 6.07) is 10.4. The fourth-order valence-electron chi connectivity index (χ4n) is 3.63. The number of rotatable bonds is 8. The summed E-state index contributed by atoms with van der Waals surface area (Å²) in [4.78, 5) is 0. The first-order chi connectivity index (χ1) is 13.4. The number of tetrazole rings is 1. The zero-order valence-electron chi connectivity index (χ0n) is 15.5. The van der Waals surface area contributed by atoms with Crippen LogP contribution in [0.5, 0.6) is 0 Å². The van der Waals surface area contributed by atoms with Crippen LogP contribution in [-0.4, -0.2) is 47.8 Å². The molecule has 2 aromatic heterocycles. The number of anilines is 1. The number of aromatic nitrogens is 7. The van der Waals surface area contributed by atoms with Crippen LogP contribution in [0.15, 0.2) is 35.5 Å². The minimum Gasteiger partial charge on any atom is -0.353 e. The van der Waals surface area contributed by atoms with E-state index in [1.165, 1.54) is 25.7 Å². The Morgan fingerprint density at radius 3 is 2.70 bits per heavy atom. The fourth-order valence-corrected chi connectivity index (χ4v) is 4.21. The maximum Gasteiger partial charge on any atom is 0.247 e. The van der Waals surface area contributed by atoms with E-state index in [1.54, 1.807) is 16.4 Å². The van der Waals surface area contributed by atoms with Gasteiger partial charge in [0.1, 0.15) is 5.82 Å². The topological polar surface area (TPSA) is 86.3 Å². The van der Waals surface area contributed by atoms with Gasteiger partial charge in [-0.1, -0.05) is 47.9 Å². The first-order valence-corrected chi connectivity index (χ1v) is 10.6. The van der Waals surface area contributed by atoms with Crippen molar-refractivity contribution in [3.05, 3.63) is 36.2 Å². The van der Waals surface area contributed by atoms with E-state index in [4.69, 9.17) is 0 Å². The third kappa shape index (κ3) is 3.97. The van der Waals surface area contributed by atoms with Crippen molar-refractivity contribution in [2.45, 2.75) is 49.7 Å². The molecule has 4 rings (SSSR count). The monoisotopic (exact) mass is 384 g/mol. The molecule has 1 fully saturated rings. The van der Waals surface area contributed by atoms with Crippen LogP contribution in [0.4, 0.5) is 5.95 Å². The molecule has 3 aromatic rings. The third-order valence-corrected chi connectivity index (χ3v) is 5.58. The van der Waals surface area contributed by atoms with E-state index in [1.807, 2.05) is 30.3 Å². The van der Waals surface area contributed by atoms with Crippen LogP contribution in [0.1, 0.15) is 44.0 Å². The molecule has 142 valence electrons. The van der Waals surface area contributed by atoms with Crippen molar-refractivity contribution in [1.29, 1.82) is 0 Å². The molecule has 27 heavy (non-hydrogen) atoms. The van der Waals surface area contributed by atoms with Gasteiger partial charge < -0.3 is 9.88 Å². The number of para-hydroxylation sites is 1. The van der Waals surface area contributed by atoms with Crippen molar-refractivity contribution in [3.8, 4) is 5.69 Å². The summed E-state index contributed by atoms with van der Waals surface area (Å²) in [7, 11) is 0. The fraction of sp³-hybridized carbons (Fsp3) is 0.500. The van der Waals surface area contributed by atoms with Crippen LogP contribution in [-0.2, 0) is 6.42 Å². The molecule has 0 radical (unpaired) electrons. The molecular formula is C18H24N8S. The SMILES string of the molecule is CSc1nnc(CCCNc2nnnn2-c2ccccc2)n1C1CCCC1. The van der Waals surface area contributed by atoms with Crippen LogP contribution in [0, 0.1) is 0 Å². The van der Waals surface area contributed by atoms with Gasteiger partial charge in [0.25, 0.3) is 0 Å². The molecule has 0 unspecified atom stereocenters. The number of nitrogens with zero attached hydrogens (tertiary/aromatic N) is 7. The van der Waals surface area contributed by atoms with E-state index in [0.29, 0.717) is 12.0 Å². The van der Waals surface area contributed by atoms with Crippen molar-refractivity contribution in [2.75, 3.05) is 18.1 Å². The van der Waals surface area contributed by atoms with Crippen LogP contribution in [0.3, 0.4) is 0 Å². The van der Waals surface area contributed by atoms with Gasteiger partial charge in [0.2, 0.25) is 5.95 Å². The van der Waals surface area contributed by atoms with Gasteiger partial charge in [0.15, 0.2) is 5.16 Å². The molecule has 0 spiro atoms. The second kappa shape index (κ2) is 8.51. The molecule has 1 aliphatic carbocycles. The average Bonchev–Trinajstić information content (AvgIpc) is 3.46. The molecule has 1 aliphatic rings. The average molecular weight is 385 g/mol. The lowest BCUT2D eigenvalue weighted by atomic mass is 10.2. The second-order valence-corrected chi connectivity index (χ2v) is 7.46. The van der Waals surface area contributed by atoms with E-state index in [2.05, 4.69) is 41.9 Å². The summed E-state index contributed by atoms with van der Waals surface area (Å²) in [5.74, 6) is 1.75. The highest BCUT2D eigenvalue weighted by Crippen LogP contribution is 2.33. The number of aryl methyl sites for hydroxylation is 1. The zero-order valence-corrected chi connectivity index (χ0v) is 16.3. The summed E-state index contributed by atoms with van der Waals surface area (Å²) < 4.78 is 4.08. The summed E-state index contributed by atoms with van der Waals surface area (Å²) in [5.41, 5.74) is 0.940. The van der Waals surface area contributed by atoms with Crippen LogP contribution in [0.25, 0.3) is 5.69 Å². The Bertz CT molecular complexity index is 853. The lowest BCUT2D eigenvalue weighted by Gasteiger charge is -2.16. The number of thioether (sulfide) groups is 1. The van der Waals surface area contributed by atoms with Crippen molar-refractivity contribution in [3.63, 3.8) is 0 Å². The van der Waals surface area contributed by atoms with Gasteiger partial charge in [0.05, 0.1) is 5.69 Å². The molecule has 1 N–H and O–H groups in total. The van der Waals surface area contributed by atoms with Gasteiger partial charge in [0, 0.05) is 19.0 Å². The highest BCUT2D eigenvalue weighted by Gasteiger charge is 2.23. The molecule has 0 amide bonds. The molecule has 9 heteroatoms. The highest BCUT2D eigenvalue weighted by atomic mass is 32.2. The normalized spacial score (nSPS) is 14.7. The summed E-state index contributed by atoms with van der Waals surface area (Å²) in [6.07, 6.45) is 9.00. The van der Waals surface area contributed by atoms with E-state index >= 15 is 0 Å². The first-order valence-electron chi connectivity index (χ1n) is 9.42. The second-order valence-electron chi connectivity index (χ2n) is 6.69. The van der Waals surface area contributed by atoms with Gasteiger partial charge in [-0.05, 0) is 48.1 Å². The largest absolute Gasteiger partial charge is 0.353 e. The Kier molecular flexibility index (Phi) is 5.66.